The van der Waals surface area contributed by atoms with Crippen molar-refractivity contribution in [2.24, 2.45) is 5.92 Å². The van der Waals surface area contributed by atoms with Crippen molar-refractivity contribution in [2.75, 3.05) is 12.3 Å². The van der Waals surface area contributed by atoms with Crippen LogP contribution in [0.25, 0.3) is 11.0 Å². The zero-order valence-corrected chi connectivity index (χ0v) is 19.1. The fourth-order valence-electron chi connectivity index (χ4n) is 5.23. The number of carbonyl (C=O) groups excluding carboxylic acids is 2. The third-order valence-corrected chi connectivity index (χ3v) is 7.80. The minimum absolute atomic E-state index is 0.0530. The Hall–Kier alpha value is -3.00. The molecule has 0 spiro atoms. The molecule has 1 aliphatic heterocycles. The number of benzene rings is 1. The van der Waals surface area contributed by atoms with Crippen molar-refractivity contribution < 1.29 is 18.7 Å². The van der Waals surface area contributed by atoms with Crippen LogP contribution in [0.5, 0.6) is 0 Å². The molecule has 1 saturated heterocycles. The van der Waals surface area contributed by atoms with Crippen LogP contribution in [0.2, 0.25) is 0 Å². The molecule has 1 aliphatic carbocycles. The number of hydrogen-bond donors (Lipinski definition) is 1. The number of aromatic nitrogens is 1. The molecule has 1 saturated carbocycles. The van der Waals surface area contributed by atoms with Crippen LogP contribution in [-0.4, -0.2) is 41.1 Å². The second-order valence-electron chi connectivity index (χ2n) is 8.87. The second kappa shape index (κ2) is 9.47. The van der Waals surface area contributed by atoms with Crippen molar-refractivity contribution in [2.45, 2.75) is 49.2 Å². The smallest absolute Gasteiger partial charge is 0.254 e. The fraction of sp³-hybridized carbons (Fsp3) is 0.400. The number of carbonyl (C=O) groups is 2. The number of piperidine rings is 1. The van der Waals surface area contributed by atoms with Gasteiger partial charge in [0.15, 0.2) is 6.20 Å². The number of pyridine rings is 1. The van der Waals surface area contributed by atoms with E-state index in [0.29, 0.717) is 16.5 Å². The van der Waals surface area contributed by atoms with E-state index in [1.54, 1.807) is 24.5 Å². The average molecular weight is 466 g/mol. The normalized spacial score (nSPS) is 22.7. The Morgan fingerprint density at radius 1 is 1.18 bits per heavy atom. The van der Waals surface area contributed by atoms with E-state index < -0.39 is 0 Å². The highest BCUT2D eigenvalue weighted by Crippen LogP contribution is 2.36. The van der Waals surface area contributed by atoms with Gasteiger partial charge in [0.2, 0.25) is 5.91 Å². The molecule has 7 nitrogen and oxygen atoms in total. The molecule has 172 valence electrons. The Morgan fingerprint density at radius 3 is 2.97 bits per heavy atom. The van der Waals surface area contributed by atoms with Gasteiger partial charge in [-0.15, -0.1) is 0 Å². The van der Waals surface area contributed by atoms with Crippen molar-refractivity contribution in [3.63, 3.8) is 0 Å². The predicted octanol–water partition coefficient (Wildman–Crippen LogP) is 3.75. The Bertz CT molecular complexity index is 1160. The van der Waals surface area contributed by atoms with Gasteiger partial charge in [-0.25, -0.2) is 0 Å². The lowest BCUT2D eigenvalue weighted by atomic mass is 9.76. The number of hydrogen-bond acceptors (Lipinski definition) is 5. The van der Waals surface area contributed by atoms with Gasteiger partial charge in [0.05, 0.1) is 12.0 Å². The van der Waals surface area contributed by atoms with Crippen molar-refractivity contribution in [1.29, 1.82) is 0 Å². The van der Waals surface area contributed by atoms with Gasteiger partial charge in [0.25, 0.3) is 10.9 Å². The van der Waals surface area contributed by atoms with Crippen LogP contribution in [0, 0.1) is 11.1 Å². The molecule has 2 aromatic heterocycles. The van der Waals surface area contributed by atoms with Gasteiger partial charge < -0.3 is 19.8 Å². The minimum Gasteiger partial charge on any atom is -0.618 e. The summed E-state index contributed by atoms with van der Waals surface area (Å²) in [7, 11) is 0. The van der Waals surface area contributed by atoms with E-state index in [-0.39, 0.29) is 29.7 Å². The van der Waals surface area contributed by atoms with Gasteiger partial charge in [0.1, 0.15) is 5.58 Å². The van der Waals surface area contributed by atoms with Gasteiger partial charge in [-0.3, -0.25) is 9.59 Å². The van der Waals surface area contributed by atoms with Gasteiger partial charge in [0, 0.05) is 41.7 Å². The van der Waals surface area contributed by atoms with Gasteiger partial charge in [-0.05, 0) is 74.0 Å². The lowest BCUT2D eigenvalue weighted by Gasteiger charge is -2.46. The first-order chi connectivity index (χ1) is 16.1. The van der Waals surface area contributed by atoms with E-state index in [4.69, 9.17) is 4.42 Å². The van der Waals surface area contributed by atoms with Gasteiger partial charge >= 0.3 is 0 Å². The van der Waals surface area contributed by atoms with Crippen LogP contribution >= 0.6 is 11.8 Å². The Labute approximate surface area is 196 Å². The predicted molar refractivity (Wildman–Crippen MR) is 126 cm³/mol. The quantitative estimate of drug-likeness (QED) is 0.352. The number of likely N-dealkylation sites (tertiary alicyclic amines) is 1. The standard InChI is InChI=1S/C25H27N3O4S/c29-23(16-33-24-5-1-2-12-28(24)31)26-20-8-9-21-18(14-20)4-3-11-27(21)25(30)19-7-6-17-10-13-32-22(17)15-19/h1-2,5-7,10,12-13,15,18,20-21H,3-4,8-9,11,14,16H2,(H,26,29). The molecule has 2 fully saturated rings. The van der Waals surface area contributed by atoms with Crippen LogP contribution in [-0.2, 0) is 4.79 Å². The first kappa shape index (κ1) is 21.8. The summed E-state index contributed by atoms with van der Waals surface area (Å²) >= 11 is 1.25. The molecule has 3 atom stereocenters. The monoisotopic (exact) mass is 465 g/mol. The third-order valence-electron chi connectivity index (χ3n) is 6.79. The van der Waals surface area contributed by atoms with Crippen LogP contribution < -0.4 is 10.0 Å². The Morgan fingerprint density at radius 2 is 2.09 bits per heavy atom. The van der Waals surface area contributed by atoms with Gasteiger partial charge in [-0.2, -0.15) is 4.73 Å². The third kappa shape index (κ3) is 4.71. The molecular formula is C25H27N3O4S. The number of nitrogens with zero attached hydrogens (tertiary/aromatic N) is 2. The van der Waals surface area contributed by atoms with Crippen LogP contribution in [0.1, 0.15) is 42.5 Å². The molecule has 0 bridgehead atoms. The molecule has 3 unspecified atom stereocenters. The number of thioether (sulfide) groups is 1. The van der Waals surface area contributed by atoms with Crippen LogP contribution in [0.15, 0.2) is 64.4 Å². The maximum Gasteiger partial charge on any atom is 0.254 e. The van der Waals surface area contributed by atoms with E-state index in [2.05, 4.69) is 5.32 Å². The molecule has 1 N–H and O–H groups in total. The highest BCUT2D eigenvalue weighted by Gasteiger charge is 2.39. The molecule has 33 heavy (non-hydrogen) atoms. The number of furan rings is 1. The first-order valence-electron chi connectivity index (χ1n) is 11.5. The zero-order chi connectivity index (χ0) is 22.8. The molecule has 3 aromatic rings. The van der Waals surface area contributed by atoms with Gasteiger partial charge in [-0.1, -0.05) is 6.07 Å². The lowest BCUT2D eigenvalue weighted by molar-refractivity contribution is -0.645. The number of nitrogens with one attached hydrogen (secondary N) is 1. The summed E-state index contributed by atoms with van der Waals surface area (Å²) in [6, 6.07) is 13.0. The van der Waals surface area contributed by atoms with Crippen molar-refractivity contribution in [1.82, 2.24) is 10.2 Å². The minimum atomic E-state index is -0.0530. The molecule has 8 heteroatoms. The summed E-state index contributed by atoms with van der Waals surface area (Å²) < 4.78 is 6.26. The summed E-state index contributed by atoms with van der Waals surface area (Å²) in [5, 5.41) is 16.4. The molecule has 2 aliphatic rings. The van der Waals surface area contributed by atoms with E-state index in [1.807, 2.05) is 29.2 Å². The summed E-state index contributed by atoms with van der Waals surface area (Å²) in [5.74, 6) is 0.620. The van der Waals surface area contributed by atoms with E-state index in [1.165, 1.54) is 18.0 Å². The van der Waals surface area contributed by atoms with Crippen molar-refractivity contribution >= 4 is 34.5 Å². The average Bonchev–Trinajstić information content (AvgIpc) is 3.30. The zero-order valence-electron chi connectivity index (χ0n) is 18.3. The highest BCUT2D eigenvalue weighted by molar-refractivity contribution is 7.99. The SMILES string of the molecule is O=C(CSc1cccc[n+]1[O-])NC1CCC2C(CCCN2C(=O)c2ccc3ccoc3c2)C1. The fourth-order valence-corrected chi connectivity index (χ4v) is 5.95. The van der Waals surface area contributed by atoms with E-state index in [0.717, 1.165) is 54.3 Å². The van der Waals surface area contributed by atoms with E-state index in [9.17, 15) is 14.8 Å². The highest BCUT2D eigenvalue weighted by atomic mass is 32.2. The topological polar surface area (TPSA) is 89.5 Å². The second-order valence-corrected chi connectivity index (χ2v) is 9.87. The molecule has 1 aromatic carbocycles. The van der Waals surface area contributed by atoms with Crippen LogP contribution in [0.3, 0.4) is 0 Å². The Kier molecular flexibility index (Phi) is 6.26. The molecule has 5 rings (SSSR count). The van der Waals surface area contributed by atoms with E-state index >= 15 is 0 Å². The number of rotatable bonds is 5. The first-order valence-corrected chi connectivity index (χ1v) is 12.5. The largest absolute Gasteiger partial charge is 0.618 e. The summed E-state index contributed by atoms with van der Waals surface area (Å²) in [5.41, 5.74) is 1.40. The van der Waals surface area contributed by atoms with Crippen molar-refractivity contribution in [3.8, 4) is 0 Å². The summed E-state index contributed by atoms with van der Waals surface area (Å²) in [6.07, 6.45) is 7.75. The maximum atomic E-state index is 13.3. The van der Waals surface area contributed by atoms with Crippen molar-refractivity contribution in [3.05, 3.63) is 65.7 Å². The number of fused-ring (bicyclic) bond motifs is 2. The summed E-state index contributed by atoms with van der Waals surface area (Å²) in [4.78, 5) is 27.8. The molecule has 0 radical (unpaired) electrons. The molecular weight excluding hydrogens is 438 g/mol. The Balaban J connectivity index is 1.18. The lowest BCUT2D eigenvalue weighted by Crippen LogP contribution is -2.53. The maximum absolute atomic E-state index is 13.3. The summed E-state index contributed by atoms with van der Waals surface area (Å²) in [6.45, 7) is 0.774. The molecule has 3 heterocycles. The van der Waals surface area contributed by atoms with Crippen LogP contribution in [0.4, 0.5) is 0 Å². The number of amides is 2. The molecule has 2 amide bonds.